The first-order chi connectivity index (χ1) is 8.20. The SMILES string of the molecule is Cc1cc(CCl)cnc1Oc1ccccc1Br. The maximum absolute atomic E-state index is 5.75. The average Bonchev–Trinajstić information content (AvgIpc) is 2.34. The van der Waals surface area contributed by atoms with Gasteiger partial charge in [-0.3, -0.25) is 0 Å². The van der Waals surface area contributed by atoms with Gasteiger partial charge >= 0.3 is 0 Å². The molecule has 4 heteroatoms. The minimum absolute atomic E-state index is 0.461. The van der Waals surface area contributed by atoms with Crippen molar-refractivity contribution in [3.05, 3.63) is 52.1 Å². The summed E-state index contributed by atoms with van der Waals surface area (Å²) in [6.45, 7) is 1.95. The first-order valence-electron chi connectivity index (χ1n) is 5.14. The van der Waals surface area contributed by atoms with E-state index in [1.165, 1.54) is 0 Å². The summed E-state index contributed by atoms with van der Waals surface area (Å²) < 4.78 is 6.64. The molecule has 2 nitrogen and oxygen atoms in total. The van der Waals surface area contributed by atoms with E-state index in [0.29, 0.717) is 11.8 Å². The van der Waals surface area contributed by atoms with Crippen LogP contribution in [0.25, 0.3) is 0 Å². The molecule has 0 N–H and O–H groups in total. The van der Waals surface area contributed by atoms with Crippen molar-refractivity contribution in [1.82, 2.24) is 4.98 Å². The van der Waals surface area contributed by atoms with Crippen molar-refractivity contribution in [2.75, 3.05) is 0 Å². The number of pyridine rings is 1. The highest BCUT2D eigenvalue weighted by Crippen LogP contribution is 2.29. The van der Waals surface area contributed by atoms with Gasteiger partial charge in [-0.25, -0.2) is 4.98 Å². The third kappa shape index (κ3) is 2.99. The van der Waals surface area contributed by atoms with Crippen molar-refractivity contribution in [3.8, 4) is 11.6 Å². The van der Waals surface area contributed by atoms with Crippen molar-refractivity contribution in [2.24, 2.45) is 0 Å². The van der Waals surface area contributed by atoms with Gasteiger partial charge in [-0.15, -0.1) is 11.6 Å². The molecule has 0 fully saturated rings. The molecule has 0 saturated heterocycles. The van der Waals surface area contributed by atoms with Gasteiger partial charge in [0.1, 0.15) is 5.75 Å². The molecule has 0 radical (unpaired) electrons. The van der Waals surface area contributed by atoms with Crippen LogP contribution in [0.4, 0.5) is 0 Å². The van der Waals surface area contributed by atoms with Gasteiger partial charge in [-0.05, 0) is 46.6 Å². The zero-order valence-electron chi connectivity index (χ0n) is 9.28. The number of aromatic nitrogens is 1. The fraction of sp³-hybridized carbons (Fsp3) is 0.154. The summed E-state index contributed by atoms with van der Waals surface area (Å²) in [6, 6.07) is 9.65. The van der Waals surface area contributed by atoms with E-state index in [2.05, 4.69) is 20.9 Å². The third-order valence-electron chi connectivity index (χ3n) is 2.28. The molecule has 17 heavy (non-hydrogen) atoms. The van der Waals surface area contributed by atoms with E-state index < -0.39 is 0 Å². The lowest BCUT2D eigenvalue weighted by atomic mass is 10.2. The van der Waals surface area contributed by atoms with Crippen LogP contribution in [0.1, 0.15) is 11.1 Å². The summed E-state index contributed by atoms with van der Waals surface area (Å²) in [5.41, 5.74) is 1.96. The second-order valence-electron chi connectivity index (χ2n) is 3.63. The van der Waals surface area contributed by atoms with Crippen molar-refractivity contribution in [3.63, 3.8) is 0 Å². The van der Waals surface area contributed by atoms with Gasteiger partial charge in [0, 0.05) is 17.6 Å². The summed E-state index contributed by atoms with van der Waals surface area (Å²) in [4.78, 5) is 4.26. The number of hydrogen-bond donors (Lipinski definition) is 0. The van der Waals surface area contributed by atoms with Crippen molar-refractivity contribution < 1.29 is 4.74 Å². The molecule has 1 aromatic heterocycles. The van der Waals surface area contributed by atoms with Gasteiger partial charge in [0.05, 0.1) is 4.47 Å². The van der Waals surface area contributed by atoms with E-state index in [0.717, 1.165) is 21.3 Å². The van der Waals surface area contributed by atoms with Gasteiger partial charge in [0.15, 0.2) is 0 Å². The predicted molar refractivity (Wildman–Crippen MR) is 72.7 cm³/mol. The third-order valence-corrected chi connectivity index (χ3v) is 3.25. The fourth-order valence-electron chi connectivity index (χ4n) is 1.43. The molecule has 0 atom stereocenters. The van der Waals surface area contributed by atoms with Crippen LogP contribution in [0.2, 0.25) is 0 Å². The Morgan fingerprint density at radius 1 is 1.35 bits per heavy atom. The number of nitrogens with zero attached hydrogens (tertiary/aromatic N) is 1. The highest BCUT2D eigenvalue weighted by molar-refractivity contribution is 9.10. The first kappa shape index (κ1) is 12.4. The molecule has 0 saturated carbocycles. The smallest absolute Gasteiger partial charge is 0.222 e. The van der Waals surface area contributed by atoms with Crippen molar-refractivity contribution >= 4 is 27.5 Å². The Morgan fingerprint density at radius 2 is 2.12 bits per heavy atom. The standard InChI is InChI=1S/C13H11BrClNO/c1-9-6-10(7-15)8-16-13(9)17-12-5-3-2-4-11(12)14/h2-6,8H,7H2,1H3. The molecule has 0 aliphatic heterocycles. The van der Waals surface area contributed by atoms with E-state index in [-0.39, 0.29) is 0 Å². The summed E-state index contributed by atoms with van der Waals surface area (Å²) in [5.74, 6) is 1.82. The molecule has 0 amide bonds. The van der Waals surface area contributed by atoms with Crippen LogP contribution < -0.4 is 4.74 Å². The van der Waals surface area contributed by atoms with Crippen LogP contribution in [0.15, 0.2) is 41.0 Å². The van der Waals surface area contributed by atoms with Crippen LogP contribution in [0.5, 0.6) is 11.6 Å². The van der Waals surface area contributed by atoms with Gasteiger partial charge in [0.25, 0.3) is 0 Å². The van der Waals surface area contributed by atoms with E-state index >= 15 is 0 Å². The number of para-hydroxylation sites is 1. The van der Waals surface area contributed by atoms with E-state index in [1.54, 1.807) is 6.20 Å². The van der Waals surface area contributed by atoms with Crippen LogP contribution in [-0.2, 0) is 5.88 Å². The van der Waals surface area contributed by atoms with Gasteiger partial charge in [-0.1, -0.05) is 12.1 Å². The Balaban J connectivity index is 2.28. The normalized spacial score (nSPS) is 10.3. The van der Waals surface area contributed by atoms with E-state index in [1.807, 2.05) is 37.3 Å². The maximum Gasteiger partial charge on any atom is 0.222 e. The lowest BCUT2D eigenvalue weighted by molar-refractivity contribution is 0.456. The fourth-order valence-corrected chi connectivity index (χ4v) is 1.94. The van der Waals surface area contributed by atoms with E-state index in [4.69, 9.17) is 16.3 Å². The second kappa shape index (κ2) is 5.52. The number of hydrogen-bond acceptors (Lipinski definition) is 2. The topological polar surface area (TPSA) is 22.1 Å². The van der Waals surface area contributed by atoms with Gasteiger partial charge in [-0.2, -0.15) is 0 Å². The summed E-state index contributed by atoms with van der Waals surface area (Å²) in [6.07, 6.45) is 1.73. The number of ether oxygens (including phenoxy) is 1. The summed E-state index contributed by atoms with van der Waals surface area (Å²) in [7, 11) is 0. The summed E-state index contributed by atoms with van der Waals surface area (Å²) >= 11 is 9.18. The number of aryl methyl sites for hydroxylation is 1. The number of halogens is 2. The molecule has 0 bridgehead atoms. The van der Waals surface area contributed by atoms with E-state index in [9.17, 15) is 0 Å². The number of alkyl halides is 1. The first-order valence-corrected chi connectivity index (χ1v) is 6.47. The zero-order valence-corrected chi connectivity index (χ0v) is 11.6. The average molecular weight is 313 g/mol. The van der Waals surface area contributed by atoms with Crippen molar-refractivity contribution in [2.45, 2.75) is 12.8 Å². The Bertz CT molecular complexity index is 531. The molecule has 0 spiro atoms. The Hall–Kier alpha value is -1.06. The number of benzene rings is 1. The second-order valence-corrected chi connectivity index (χ2v) is 4.75. The molecule has 2 aromatic rings. The zero-order chi connectivity index (χ0) is 12.3. The predicted octanol–water partition coefficient (Wildman–Crippen LogP) is 4.68. The lowest BCUT2D eigenvalue weighted by Crippen LogP contribution is -1.93. The number of rotatable bonds is 3. The van der Waals surface area contributed by atoms with Gasteiger partial charge in [0.2, 0.25) is 5.88 Å². The largest absolute Gasteiger partial charge is 0.438 e. The highest BCUT2D eigenvalue weighted by atomic mass is 79.9. The molecule has 0 aliphatic carbocycles. The molecular formula is C13H11BrClNO. The summed E-state index contributed by atoms with van der Waals surface area (Å²) in [5, 5.41) is 0. The highest BCUT2D eigenvalue weighted by Gasteiger charge is 2.06. The lowest BCUT2D eigenvalue weighted by Gasteiger charge is -2.09. The molecule has 0 aliphatic rings. The monoisotopic (exact) mass is 311 g/mol. The maximum atomic E-state index is 5.75. The van der Waals surface area contributed by atoms with Crippen LogP contribution in [0, 0.1) is 6.92 Å². The Kier molecular flexibility index (Phi) is 4.02. The van der Waals surface area contributed by atoms with Crippen LogP contribution >= 0.6 is 27.5 Å². The molecule has 1 aromatic carbocycles. The Morgan fingerprint density at radius 3 is 2.76 bits per heavy atom. The molecule has 0 unspecified atom stereocenters. The van der Waals surface area contributed by atoms with Crippen molar-refractivity contribution in [1.29, 1.82) is 0 Å². The van der Waals surface area contributed by atoms with Crippen LogP contribution in [-0.4, -0.2) is 4.98 Å². The molecule has 2 rings (SSSR count). The van der Waals surface area contributed by atoms with Crippen LogP contribution in [0.3, 0.4) is 0 Å². The Labute approximate surface area is 114 Å². The minimum atomic E-state index is 0.461. The molecular weight excluding hydrogens is 302 g/mol. The quantitative estimate of drug-likeness (QED) is 0.767. The molecule has 88 valence electrons. The molecule has 1 heterocycles. The minimum Gasteiger partial charge on any atom is -0.438 e. The van der Waals surface area contributed by atoms with Gasteiger partial charge < -0.3 is 4.74 Å².